The quantitative estimate of drug-likeness (QED) is 0.274. The Balaban J connectivity index is 1.49. The number of fused-ring (bicyclic) bond motifs is 9. The van der Waals surface area contributed by atoms with Crippen molar-refractivity contribution in [2.75, 3.05) is 13.7 Å². The minimum absolute atomic E-state index is 0.0176. The van der Waals surface area contributed by atoms with E-state index in [1.807, 2.05) is 6.07 Å². The Labute approximate surface area is 282 Å². The lowest BCUT2D eigenvalue weighted by molar-refractivity contribution is -0.286. The van der Waals surface area contributed by atoms with Crippen LogP contribution in [0.3, 0.4) is 0 Å². The maximum atomic E-state index is 12.7. The van der Waals surface area contributed by atoms with E-state index in [0.29, 0.717) is 17.6 Å². The third kappa shape index (κ3) is 4.31. The normalized spacial score (nSPS) is 50.2. The largest absolute Gasteiger partial charge is 0.504 e. The highest BCUT2D eigenvalue weighted by molar-refractivity contribution is 5.45. The molecule has 0 unspecified atom stereocenters. The molecule has 4 saturated carbocycles. The lowest BCUT2D eigenvalue weighted by Gasteiger charge is -2.74. The molecule has 6 aliphatic rings. The van der Waals surface area contributed by atoms with E-state index >= 15 is 0 Å². The van der Waals surface area contributed by atoms with Gasteiger partial charge in [-0.2, -0.15) is 0 Å². The number of benzene rings is 1. The number of hydrogen-bond acceptors (Lipinski definition) is 7. The van der Waals surface area contributed by atoms with Gasteiger partial charge in [-0.05, 0) is 114 Å². The van der Waals surface area contributed by atoms with Crippen LogP contribution in [0.5, 0.6) is 11.5 Å². The second kappa shape index (κ2) is 10.8. The summed E-state index contributed by atoms with van der Waals surface area (Å²) in [5.74, 6) is 2.75. The molecule has 7 rings (SSSR count). The summed E-state index contributed by atoms with van der Waals surface area (Å²) in [5.41, 5.74) is 0.703. The molecular formula is C40H60O7. The van der Waals surface area contributed by atoms with E-state index in [9.17, 15) is 20.4 Å². The molecule has 7 heteroatoms. The molecule has 5 fully saturated rings. The first-order chi connectivity index (χ1) is 22.0. The average molecular weight is 653 g/mol. The fourth-order valence-corrected chi connectivity index (χ4v) is 13.1. The van der Waals surface area contributed by atoms with Crippen LogP contribution in [0.15, 0.2) is 29.5 Å². The van der Waals surface area contributed by atoms with E-state index < -0.39 is 23.7 Å². The Kier molecular flexibility index (Phi) is 7.78. The number of methoxy groups -OCH3 is 1. The molecule has 1 aromatic carbocycles. The summed E-state index contributed by atoms with van der Waals surface area (Å²) in [6.45, 7) is 18.7. The van der Waals surface area contributed by atoms with Crippen molar-refractivity contribution in [3.63, 3.8) is 0 Å². The zero-order valence-corrected chi connectivity index (χ0v) is 30.2. The van der Waals surface area contributed by atoms with Crippen LogP contribution >= 0.6 is 0 Å². The van der Waals surface area contributed by atoms with Gasteiger partial charge in [0.2, 0.25) is 0 Å². The van der Waals surface area contributed by atoms with Gasteiger partial charge >= 0.3 is 0 Å². The molecule has 0 bridgehead atoms. The fraction of sp³-hybridized carbons (Fsp3) is 0.800. The number of aliphatic hydroxyl groups is 3. The number of ether oxygens (including phenoxy) is 3. The van der Waals surface area contributed by atoms with Gasteiger partial charge in [0.05, 0.1) is 25.9 Å². The molecule has 1 aromatic rings. The Hall–Kier alpha value is -1.80. The highest BCUT2D eigenvalue weighted by Gasteiger charge is 2.75. The van der Waals surface area contributed by atoms with Crippen LogP contribution in [0.1, 0.15) is 112 Å². The minimum Gasteiger partial charge on any atom is -0.504 e. The zero-order chi connectivity index (χ0) is 34.1. The van der Waals surface area contributed by atoms with Crippen molar-refractivity contribution < 1.29 is 34.6 Å². The molecule has 4 N–H and O–H groups in total. The maximum absolute atomic E-state index is 12.7. The molecule has 5 aliphatic carbocycles. The second-order valence-corrected chi connectivity index (χ2v) is 18.3. The molecule has 0 amide bonds. The second-order valence-electron chi connectivity index (χ2n) is 18.3. The topological polar surface area (TPSA) is 109 Å². The Morgan fingerprint density at radius 2 is 1.64 bits per heavy atom. The van der Waals surface area contributed by atoms with Crippen molar-refractivity contribution in [1.82, 2.24) is 0 Å². The van der Waals surface area contributed by atoms with E-state index in [1.165, 1.54) is 12.7 Å². The van der Waals surface area contributed by atoms with Gasteiger partial charge in [-0.15, -0.1) is 0 Å². The van der Waals surface area contributed by atoms with E-state index in [2.05, 4.69) is 55.4 Å². The molecule has 0 spiro atoms. The first-order valence-electron chi connectivity index (χ1n) is 18.4. The first kappa shape index (κ1) is 33.7. The van der Waals surface area contributed by atoms with Crippen molar-refractivity contribution in [1.29, 1.82) is 0 Å². The molecule has 47 heavy (non-hydrogen) atoms. The van der Waals surface area contributed by atoms with Crippen LogP contribution in [0.25, 0.3) is 0 Å². The molecule has 1 aliphatic heterocycles. The van der Waals surface area contributed by atoms with E-state index in [-0.39, 0.29) is 64.0 Å². The van der Waals surface area contributed by atoms with Gasteiger partial charge in [-0.3, -0.25) is 0 Å². The Bertz CT molecular complexity index is 1440. The summed E-state index contributed by atoms with van der Waals surface area (Å²) in [6.07, 6.45) is 4.05. The summed E-state index contributed by atoms with van der Waals surface area (Å²) < 4.78 is 20.1. The Morgan fingerprint density at radius 1 is 0.915 bits per heavy atom. The van der Waals surface area contributed by atoms with Crippen LogP contribution < -0.4 is 4.74 Å². The van der Waals surface area contributed by atoms with Crippen molar-refractivity contribution in [3.05, 3.63) is 35.1 Å². The lowest BCUT2D eigenvalue weighted by Crippen LogP contribution is -2.72. The minimum atomic E-state index is -0.624. The SMILES string of the molecule is COc1cc([C@H]2OC3=C4[C@@H]5[C@@H](C)[C@H](C)CC[C@]5(C)C[C@H](O)[C@@]4(C)[C@]4(C)CC[C@H]5C(C)(C)[C@@H](O)CC[C@]5(C)[C@H]4[C@@H]3O[C@@H]2CO)ccc1O. The summed E-state index contributed by atoms with van der Waals surface area (Å²) in [6, 6.07) is 5.24. The van der Waals surface area contributed by atoms with Gasteiger partial charge in [0, 0.05) is 11.3 Å². The number of phenolic OH excluding ortho intramolecular Hbond substituents is 1. The van der Waals surface area contributed by atoms with Crippen LogP contribution in [-0.2, 0) is 9.47 Å². The van der Waals surface area contributed by atoms with E-state index in [0.717, 1.165) is 56.3 Å². The number of phenols is 1. The van der Waals surface area contributed by atoms with Gasteiger partial charge in [0.1, 0.15) is 18.0 Å². The predicted octanol–water partition coefficient (Wildman–Crippen LogP) is 7.17. The third-order valence-electron chi connectivity index (χ3n) is 16.0. The van der Waals surface area contributed by atoms with Crippen molar-refractivity contribution >= 4 is 0 Å². The highest BCUT2D eigenvalue weighted by Crippen LogP contribution is 2.77. The van der Waals surface area contributed by atoms with Gasteiger partial charge < -0.3 is 34.6 Å². The molecule has 1 heterocycles. The number of rotatable bonds is 3. The average Bonchev–Trinajstić information content (AvgIpc) is 3.02. The van der Waals surface area contributed by atoms with Crippen LogP contribution in [0.4, 0.5) is 0 Å². The van der Waals surface area contributed by atoms with Gasteiger partial charge in [-0.1, -0.05) is 61.5 Å². The summed E-state index contributed by atoms with van der Waals surface area (Å²) in [7, 11) is 1.54. The molecule has 14 atom stereocenters. The van der Waals surface area contributed by atoms with Crippen LogP contribution in [0, 0.1) is 56.7 Å². The maximum Gasteiger partial charge on any atom is 0.160 e. The van der Waals surface area contributed by atoms with Crippen molar-refractivity contribution in [3.8, 4) is 11.5 Å². The number of aliphatic hydroxyl groups excluding tert-OH is 3. The molecule has 0 radical (unpaired) electrons. The molecule has 262 valence electrons. The third-order valence-corrected chi connectivity index (χ3v) is 16.0. The standard InChI is InChI=1S/C40H60O7/c1-21-12-15-37(5)19-29(44)40(8)31(30(37)22(21)2)33-34(46-26(20-41)32(47-33)23-10-11-24(42)25(18-23)45-9)35-38(6)16-14-28(43)36(3,4)27(38)13-17-39(35,40)7/h10-11,18,21-22,26-30,32,34-35,41-44H,12-17,19-20H2,1-9H3/t21-,22+,26-,27+,28+,29+,30+,32-,34-,35-,37-,38+,39-,40-/m1/s1. The number of aromatic hydroxyl groups is 1. The summed E-state index contributed by atoms with van der Waals surface area (Å²) >= 11 is 0. The lowest BCUT2D eigenvalue weighted by atomic mass is 9.32. The molecular weight excluding hydrogens is 592 g/mol. The number of hydrogen-bond donors (Lipinski definition) is 4. The van der Waals surface area contributed by atoms with Crippen molar-refractivity contribution in [2.24, 2.45) is 56.7 Å². The van der Waals surface area contributed by atoms with Gasteiger partial charge in [0.25, 0.3) is 0 Å². The molecule has 1 saturated heterocycles. The van der Waals surface area contributed by atoms with Gasteiger partial charge in [0.15, 0.2) is 17.6 Å². The smallest absolute Gasteiger partial charge is 0.160 e. The van der Waals surface area contributed by atoms with E-state index in [1.54, 1.807) is 12.1 Å². The Morgan fingerprint density at radius 3 is 2.32 bits per heavy atom. The van der Waals surface area contributed by atoms with Crippen LogP contribution in [-0.4, -0.2) is 58.6 Å². The highest BCUT2D eigenvalue weighted by atomic mass is 16.6. The van der Waals surface area contributed by atoms with Gasteiger partial charge in [-0.25, -0.2) is 0 Å². The fourth-order valence-electron chi connectivity index (χ4n) is 13.1. The predicted molar refractivity (Wildman–Crippen MR) is 181 cm³/mol. The summed E-state index contributed by atoms with van der Waals surface area (Å²) in [5, 5.41) is 45.3. The summed E-state index contributed by atoms with van der Waals surface area (Å²) in [4.78, 5) is 0. The molecule has 0 aromatic heterocycles. The molecule has 7 nitrogen and oxygen atoms in total. The monoisotopic (exact) mass is 652 g/mol. The van der Waals surface area contributed by atoms with Crippen molar-refractivity contribution in [2.45, 2.75) is 131 Å². The van der Waals surface area contributed by atoms with Crippen LogP contribution in [0.2, 0.25) is 0 Å². The first-order valence-corrected chi connectivity index (χ1v) is 18.4. The zero-order valence-electron chi connectivity index (χ0n) is 30.2. The van der Waals surface area contributed by atoms with E-state index in [4.69, 9.17) is 14.2 Å².